The van der Waals surface area contributed by atoms with Gasteiger partial charge in [0.05, 0.1) is 11.1 Å². The normalized spacial score (nSPS) is 17.1. The van der Waals surface area contributed by atoms with Gasteiger partial charge in [-0.25, -0.2) is 9.59 Å². The third kappa shape index (κ3) is 4.25. The van der Waals surface area contributed by atoms with Crippen LogP contribution in [0.25, 0.3) is 11.1 Å². The second-order valence-electron chi connectivity index (χ2n) is 7.60. The Kier molecular flexibility index (Phi) is 5.77. The van der Waals surface area contributed by atoms with Gasteiger partial charge in [0.2, 0.25) is 12.2 Å². The van der Waals surface area contributed by atoms with E-state index in [1.165, 1.54) is 24.3 Å². The van der Waals surface area contributed by atoms with Crippen molar-refractivity contribution in [3.8, 4) is 11.1 Å². The zero-order chi connectivity index (χ0) is 22.8. The number of benzene rings is 2. The number of Topliss-reactive ketones (excluding diaryl/α,β-unsaturated/α-hetero) is 4. The van der Waals surface area contributed by atoms with Crippen LogP contribution >= 0.6 is 0 Å². The average molecular weight is 434 g/mol. The van der Waals surface area contributed by atoms with Crippen LogP contribution in [0.15, 0.2) is 48.5 Å². The Balaban J connectivity index is 1.52. The van der Waals surface area contributed by atoms with Crippen LogP contribution in [0.1, 0.15) is 46.4 Å². The van der Waals surface area contributed by atoms with E-state index in [1.807, 2.05) is 0 Å². The molecule has 2 aromatic rings. The molecule has 2 aliphatic carbocycles. The molecule has 162 valence electrons. The van der Waals surface area contributed by atoms with E-state index in [4.69, 9.17) is 9.47 Å². The smallest absolute Gasteiger partial charge is 0.339 e. The lowest BCUT2D eigenvalue weighted by atomic mass is 10.0. The number of rotatable bonds is 5. The summed E-state index contributed by atoms with van der Waals surface area (Å²) >= 11 is 0. The van der Waals surface area contributed by atoms with Crippen molar-refractivity contribution >= 4 is 35.1 Å². The van der Waals surface area contributed by atoms with Crippen LogP contribution in [0.5, 0.6) is 0 Å². The van der Waals surface area contributed by atoms with Crippen molar-refractivity contribution in [1.29, 1.82) is 0 Å². The van der Waals surface area contributed by atoms with E-state index in [0.717, 1.165) is 0 Å². The predicted molar refractivity (Wildman–Crippen MR) is 109 cm³/mol. The monoisotopic (exact) mass is 434 g/mol. The Labute approximate surface area is 182 Å². The number of ether oxygens (including phenoxy) is 2. The van der Waals surface area contributed by atoms with Gasteiger partial charge in [0.25, 0.3) is 0 Å². The molecule has 0 atom stereocenters. The van der Waals surface area contributed by atoms with E-state index in [0.29, 0.717) is 11.1 Å². The fraction of sp³-hybridized carbons (Fsp3) is 0.250. The van der Waals surface area contributed by atoms with Gasteiger partial charge < -0.3 is 9.47 Å². The molecule has 0 aromatic heterocycles. The Bertz CT molecular complexity index is 1040. The lowest BCUT2D eigenvalue weighted by Gasteiger charge is -2.11. The highest BCUT2D eigenvalue weighted by atomic mass is 16.6. The molecule has 0 unspecified atom stereocenters. The minimum Gasteiger partial charge on any atom is -0.443 e. The zero-order valence-corrected chi connectivity index (χ0v) is 16.9. The van der Waals surface area contributed by atoms with Crippen molar-refractivity contribution < 1.29 is 38.2 Å². The van der Waals surface area contributed by atoms with Gasteiger partial charge in [0.1, 0.15) is 0 Å². The molecule has 0 bridgehead atoms. The molecular formula is C24H18O8. The first kappa shape index (κ1) is 21.3. The van der Waals surface area contributed by atoms with Gasteiger partial charge in [-0.3, -0.25) is 19.2 Å². The van der Waals surface area contributed by atoms with E-state index in [1.54, 1.807) is 24.3 Å². The summed E-state index contributed by atoms with van der Waals surface area (Å²) in [5.41, 5.74) is 1.44. The van der Waals surface area contributed by atoms with Gasteiger partial charge in [-0.05, 0) is 35.4 Å². The molecule has 0 heterocycles. The van der Waals surface area contributed by atoms with Crippen molar-refractivity contribution in [2.75, 3.05) is 0 Å². The van der Waals surface area contributed by atoms with Gasteiger partial charge in [-0.15, -0.1) is 0 Å². The molecule has 0 saturated heterocycles. The quantitative estimate of drug-likeness (QED) is 0.519. The molecule has 8 nitrogen and oxygen atoms in total. The van der Waals surface area contributed by atoms with Crippen LogP contribution in [0.4, 0.5) is 0 Å². The summed E-state index contributed by atoms with van der Waals surface area (Å²) in [6, 6.07) is 12.6. The lowest BCUT2D eigenvalue weighted by Crippen LogP contribution is -2.28. The second-order valence-corrected chi connectivity index (χ2v) is 7.60. The largest absolute Gasteiger partial charge is 0.443 e. The van der Waals surface area contributed by atoms with E-state index in [-0.39, 0.29) is 36.8 Å². The number of carbonyl (C=O) groups is 6. The van der Waals surface area contributed by atoms with Crippen molar-refractivity contribution in [3.05, 3.63) is 59.7 Å². The number of hydrogen-bond donors (Lipinski definition) is 0. The Morgan fingerprint density at radius 3 is 1.28 bits per heavy atom. The summed E-state index contributed by atoms with van der Waals surface area (Å²) in [7, 11) is 0. The highest BCUT2D eigenvalue weighted by Crippen LogP contribution is 2.24. The Morgan fingerprint density at radius 1 is 0.594 bits per heavy atom. The Hall–Kier alpha value is -3.94. The van der Waals surface area contributed by atoms with Crippen LogP contribution in [-0.2, 0) is 28.7 Å². The summed E-state index contributed by atoms with van der Waals surface area (Å²) in [6.45, 7) is 0. The van der Waals surface area contributed by atoms with Crippen LogP contribution in [0.2, 0.25) is 0 Å². The first-order valence-corrected chi connectivity index (χ1v) is 10.1. The fourth-order valence-corrected chi connectivity index (χ4v) is 3.64. The molecule has 32 heavy (non-hydrogen) atoms. The SMILES string of the molecule is O=C(OC1C(=O)CCC1=O)c1cccc(-c2cccc(C(=O)OC3C(=O)CCC3=O)c2)c1. The van der Waals surface area contributed by atoms with E-state index in [9.17, 15) is 28.8 Å². The highest BCUT2D eigenvalue weighted by molar-refractivity contribution is 6.13. The average Bonchev–Trinajstić information content (AvgIpc) is 3.29. The van der Waals surface area contributed by atoms with Gasteiger partial charge in [0, 0.05) is 25.7 Å². The summed E-state index contributed by atoms with van der Waals surface area (Å²) in [5, 5.41) is 0. The number of ketones is 4. The third-order valence-corrected chi connectivity index (χ3v) is 5.38. The maximum Gasteiger partial charge on any atom is 0.339 e. The zero-order valence-electron chi connectivity index (χ0n) is 16.9. The maximum atomic E-state index is 12.4. The third-order valence-electron chi connectivity index (χ3n) is 5.38. The van der Waals surface area contributed by atoms with Crippen LogP contribution in [0, 0.1) is 0 Å². The van der Waals surface area contributed by atoms with E-state index in [2.05, 4.69) is 0 Å². The molecule has 0 radical (unpaired) electrons. The maximum absolute atomic E-state index is 12.4. The van der Waals surface area contributed by atoms with E-state index < -0.39 is 47.3 Å². The summed E-state index contributed by atoms with van der Waals surface area (Å²) in [4.78, 5) is 71.8. The second kappa shape index (κ2) is 8.66. The minimum absolute atomic E-state index is 0.0672. The number of esters is 2. The van der Waals surface area contributed by atoms with Crippen LogP contribution in [-0.4, -0.2) is 47.3 Å². The summed E-state index contributed by atoms with van der Waals surface area (Å²) in [6.07, 6.45) is -2.44. The molecule has 2 fully saturated rings. The molecule has 2 saturated carbocycles. The minimum atomic E-state index is -1.36. The number of hydrogen-bond acceptors (Lipinski definition) is 8. The number of carbonyl (C=O) groups excluding carboxylic acids is 6. The highest BCUT2D eigenvalue weighted by Gasteiger charge is 2.37. The molecule has 0 amide bonds. The van der Waals surface area contributed by atoms with Gasteiger partial charge in [-0.2, -0.15) is 0 Å². The van der Waals surface area contributed by atoms with Crippen molar-refractivity contribution in [2.24, 2.45) is 0 Å². The molecule has 2 aromatic carbocycles. The van der Waals surface area contributed by atoms with Crippen LogP contribution in [0.3, 0.4) is 0 Å². The van der Waals surface area contributed by atoms with Crippen molar-refractivity contribution in [3.63, 3.8) is 0 Å². The first-order chi connectivity index (χ1) is 15.3. The van der Waals surface area contributed by atoms with E-state index >= 15 is 0 Å². The van der Waals surface area contributed by atoms with Gasteiger partial charge in [0.15, 0.2) is 23.1 Å². The molecule has 4 rings (SSSR count). The molecule has 2 aliphatic rings. The predicted octanol–water partition coefficient (Wildman–Crippen LogP) is 2.27. The van der Waals surface area contributed by atoms with Gasteiger partial charge >= 0.3 is 11.9 Å². The molecule has 8 heteroatoms. The summed E-state index contributed by atoms with van der Waals surface area (Å²) in [5.74, 6) is -3.24. The molecule has 0 aliphatic heterocycles. The lowest BCUT2D eigenvalue weighted by molar-refractivity contribution is -0.134. The van der Waals surface area contributed by atoms with Crippen molar-refractivity contribution in [2.45, 2.75) is 37.9 Å². The molecule has 0 spiro atoms. The topological polar surface area (TPSA) is 121 Å². The molecular weight excluding hydrogens is 416 g/mol. The van der Waals surface area contributed by atoms with Crippen LogP contribution < -0.4 is 0 Å². The summed E-state index contributed by atoms with van der Waals surface area (Å²) < 4.78 is 10.2. The first-order valence-electron chi connectivity index (χ1n) is 10.1. The molecule has 0 N–H and O–H groups in total. The van der Waals surface area contributed by atoms with Gasteiger partial charge in [-0.1, -0.05) is 24.3 Å². The Morgan fingerprint density at radius 2 is 0.938 bits per heavy atom. The standard InChI is InChI=1S/C24H18O8/c25-17-7-8-18(26)21(17)31-23(29)15-5-1-3-13(11-15)14-4-2-6-16(12-14)24(30)32-22-19(27)9-10-20(22)28/h1-6,11-12,21-22H,7-10H2. The fourth-order valence-electron chi connectivity index (χ4n) is 3.64. The van der Waals surface area contributed by atoms with Crippen molar-refractivity contribution in [1.82, 2.24) is 0 Å².